The van der Waals surface area contributed by atoms with Gasteiger partial charge in [-0.25, -0.2) is 4.99 Å². The number of rotatable bonds is 5. The molecule has 2 N–H and O–H groups in total. The molecular formula is C33H38Br2N2O2. The Morgan fingerprint density at radius 1 is 0.744 bits per heavy atom. The lowest BCUT2D eigenvalue weighted by Crippen LogP contribution is -2.39. The number of aromatic hydroxyl groups is 1. The average Bonchev–Trinajstić information content (AvgIpc) is 3.72. The molecule has 1 aliphatic carbocycles. The van der Waals surface area contributed by atoms with Crippen LogP contribution in [0.3, 0.4) is 0 Å². The van der Waals surface area contributed by atoms with Crippen molar-refractivity contribution in [2.75, 3.05) is 7.05 Å². The third kappa shape index (κ3) is 6.23. The fourth-order valence-electron chi connectivity index (χ4n) is 4.76. The molecule has 0 bridgehead atoms. The van der Waals surface area contributed by atoms with Crippen molar-refractivity contribution in [3.8, 4) is 5.75 Å². The summed E-state index contributed by atoms with van der Waals surface area (Å²) in [5, 5.41) is 23.1. The number of phenolic OH excluding ortho intramolecular Hbond substituents is 1. The first-order chi connectivity index (χ1) is 18.2. The Bertz CT molecular complexity index is 1330. The third-order valence-electron chi connectivity index (χ3n) is 7.39. The molecule has 0 spiro atoms. The van der Waals surface area contributed by atoms with Gasteiger partial charge in [0.1, 0.15) is 5.75 Å². The van der Waals surface area contributed by atoms with Crippen LogP contribution in [0.5, 0.6) is 5.75 Å². The van der Waals surface area contributed by atoms with E-state index in [4.69, 9.17) is 4.99 Å². The molecule has 3 aromatic rings. The molecule has 0 radical (unpaired) electrons. The van der Waals surface area contributed by atoms with Crippen LogP contribution in [-0.4, -0.2) is 28.8 Å². The molecule has 0 unspecified atom stereocenters. The van der Waals surface area contributed by atoms with Gasteiger partial charge in [-0.3, -0.25) is 4.99 Å². The van der Waals surface area contributed by atoms with Crippen molar-refractivity contribution in [1.82, 2.24) is 0 Å². The SMILES string of the molecule is CN=C(N=C(C1CC1)C(O)(c1ccc(C(C)(C)C)cc1)c1ccc(C(C)(C)C)cc1)c1cc(Br)c(O)c(Br)c1. The molecule has 0 aromatic heterocycles. The van der Waals surface area contributed by atoms with Gasteiger partial charge in [0.15, 0.2) is 11.4 Å². The second-order valence-corrected chi connectivity index (χ2v) is 14.2. The van der Waals surface area contributed by atoms with E-state index in [1.54, 1.807) is 19.2 Å². The van der Waals surface area contributed by atoms with Gasteiger partial charge in [0.05, 0.1) is 14.7 Å². The largest absolute Gasteiger partial charge is 0.506 e. The van der Waals surface area contributed by atoms with Crippen molar-refractivity contribution in [2.45, 2.75) is 70.8 Å². The van der Waals surface area contributed by atoms with E-state index in [-0.39, 0.29) is 22.5 Å². The Balaban J connectivity index is 1.93. The fourth-order valence-corrected chi connectivity index (χ4v) is 5.95. The summed E-state index contributed by atoms with van der Waals surface area (Å²) >= 11 is 6.85. The van der Waals surface area contributed by atoms with Gasteiger partial charge in [0, 0.05) is 18.5 Å². The lowest BCUT2D eigenvalue weighted by atomic mass is 9.77. The standard InChI is InChI=1S/C33H38Br2N2O2/c1-31(2,3)22-10-14-24(15-11-22)33(39,25-16-12-23(13-17-25)32(4,5)6)29(20-8-9-20)37-30(36-7)21-18-26(34)28(38)27(35)19-21/h10-20,38-39H,8-9H2,1-7H3. The highest BCUT2D eigenvalue weighted by molar-refractivity contribution is 9.11. The van der Waals surface area contributed by atoms with Crippen molar-refractivity contribution in [3.63, 3.8) is 0 Å². The zero-order valence-corrected chi connectivity index (χ0v) is 27.0. The van der Waals surface area contributed by atoms with Crippen LogP contribution < -0.4 is 0 Å². The summed E-state index contributed by atoms with van der Waals surface area (Å²) in [6, 6.07) is 20.2. The highest BCUT2D eigenvalue weighted by Gasteiger charge is 2.45. The number of phenols is 1. The predicted octanol–water partition coefficient (Wildman–Crippen LogP) is 8.68. The molecule has 0 saturated heterocycles. The number of halogens is 2. The van der Waals surface area contributed by atoms with Crippen LogP contribution in [0.25, 0.3) is 0 Å². The van der Waals surface area contributed by atoms with Crippen LogP contribution in [0.2, 0.25) is 0 Å². The van der Waals surface area contributed by atoms with Gasteiger partial charge in [-0.05, 0) is 89.9 Å². The first-order valence-electron chi connectivity index (χ1n) is 13.3. The number of amidine groups is 1. The Kier molecular flexibility index (Phi) is 8.33. The second-order valence-electron chi connectivity index (χ2n) is 12.5. The van der Waals surface area contributed by atoms with E-state index >= 15 is 0 Å². The number of nitrogens with zero attached hydrogens (tertiary/aromatic N) is 2. The van der Waals surface area contributed by atoms with Gasteiger partial charge in [0.25, 0.3) is 0 Å². The zero-order valence-electron chi connectivity index (χ0n) is 23.8. The number of aliphatic hydroxyl groups is 1. The van der Waals surface area contributed by atoms with E-state index in [0.717, 1.165) is 29.5 Å². The highest BCUT2D eigenvalue weighted by atomic mass is 79.9. The van der Waals surface area contributed by atoms with Crippen molar-refractivity contribution in [2.24, 2.45) is 15.9 Å². The molecule has 0 atom stereocenters. The Hall–Kier alpha value is -2.28. The molecule has 39 heavy (non-hydrogen) atoms. The summed E-state index contributed by atoms with van der Waals surface area (Å²) < 4.78 is 1.09. The van der Waals surface area contributed by atoms with E-state index < -0.39 is 5.60 Å². The number of aliphatic imine (C=N–C) groups is 2. The van der Waals surface area contributed by atoms with E-state index in [1.165, 1.54) is 11.1 Å². The minimum atomic E-state index is -1.44. The van der Waals surface area contributed by atoms with E-state index in [2.05, 4.69) is 103 Å². The summed E-state index contributed by atoms with van der Waals surface area (Å²) in [6.07, 6.45) is 1.92. The van der Waals surface area contributed by atoms with Crippen LogP contribution >= 0.6 is 31.9 Å². The molecule has 4 nitrogen and oxygen atoms in total. The minimum absolute atomic E-state index is 0.0000936. The van der Waals surface area contributed by atoms with E-state index in [1.807, 2.05) is 24.3 Å². The average molecular weight is 654 g/mol. The fraction of sp³-hybridized carbons (Fsp3) is 0.394. The minimum Gasteiger partial charge on any atom is -0.506 e. The normalized spacial score (nSPS) is 15.5. The highest BCUT2D eigenvalue weighted by Crippen LogP contribution is 2.44. The molecule has 0 amide bonds. The molecule has 1 saturated carbocycles. The van der Waals surface area contributed by atoms with Gasteiger partial charge in [-0.15, -0.1) is 0 Å². The quantitative estimate of drug-likeness (QED) is 0.214. The molecule has 4 rings (SSSR count). The lowest BCUT2D eigenvalue weighted by molar-refractivity contribution is 0.152. The number of benzene rings is 3. The predicted molar refractivity (Wildman–Crippen MR) is 169 cm³/mol. The number of hydrogen-bond acceptors (Lipinski definition) is 3. The molecule has 0 heterocycles. The summed E-state index contributed by atoms with van der Waals surface area (Å²) in [5.74, 6) is 0.754. The zero-order chi connectivity index (χ0) is 28.8. The molecule has 0 aliphatic heterocycles. The molecule has 6 heteroatoms. The molecular weight excluding hydrogens is 616 g/mol. The lowest BCUT2D eigenvalue weighted by Gasteiger charge is -2.33. The maximum atomic E-state index is 12.8. The van der Waals surface area contributed by atoms with E-state index in [0.29, 0.717) is 20.5 Å². The summed E-state index contributed by atoms with van der Waals surface area (Å²) in [4.78, 5) is 9.61. The second kappa shape index (κ2) is 10.9. The van der Waals surface area contributed by atoms with Crippen LogP contribution in [0, 0.1) is 5.92 Å². The summed E-state index contributed by atoms with van der Waals surface area (Å²) in [6.45, 7) is 13.1. The first-order valence-corrected chi connectivity index (χ1v) is 14.9. The maximum absolute atomic E-state index is 12.8. The Morgan fingerprint density at radius 3 is 1.46 bits per heavy atom. The summed E-state index contributed by atoms with van der Waals surface area (Å²) in [5.41, 5.74) is 3.97. The van der Waals surface area contributed by atoms with Gasteiger partial charge in [0.2, 0.25) is 0 Å². The van der Waals surface area contributed by atoms with Crippen LogP contribution in [0.4, 0.5) is 0 Å². The Labute approximate surface area is 249 Å². The van der Waals surface area contributed by atoms with Gasteiger partial charge >= 0.3 is 0 Å². The van der Waals surface area contributed by atoms with Crippen LogP contribution in [0.15, 0.2) is 79.6 Å². The molecule has 3 aromatic carbocycles. The summed E-state index contributed by atoms with van der Waals surface area (Å²) in [7, 11) is 1.70. The van der Waals surface area contributed by atoms with Gasteiger partial charge in [-0.1, -0.05) is 90.1 Å². The number of hydrogen-bond donors (Lipinski definition) is 2. The maximum Gasteiger partial charge on any atom is 0.154 e. The van der Waals surface area contributed by atoms with E-state index in [9.17, 15) is 10.2 Å². The molecule has 1 fully saturated rings. The van der Waals surface area contributed by atoms with Crippen molar-refractivity contribution >= 4 is 43.4 Å². The smallest absolute Gasteiger partial charge is 0.154 e. The molecule has 206 valence electrons. The molecule has 1 aliphatic rings. The third-order valence-corrected chi connectivity index (χ3v) is 8.59. The monoisotopic (exact) mass is 652 g/mol. The van der Waals surface area contributed by atoms with Crippen LogP contribution in [0.1, 0.15) is 82.2 Å². The van der Waals surface area contributed by atoms with Crippen molar-refractivity contribution < 1.29 is 10.2 Å². The first kappa shape index (κ1) is 29.7. The van der Waals surface area contributed by atoms with Crippen molar-refractivity contribution in [1.29, 1.82) is 0 Å². The van der Waals surface area contributed by atoms with Gasteiger partial charge in [-0.2, -0.15) is 0 Å². The van der Waals surface area contributed by atoms with Crippen molar-refractivity contribution in [3.05, 3.63) is 97.4 Å². The Morgan fingerprint density at radius 2 is 1.13 bits per heavy atom. The topological polar surface area (TPSA) is 65.2 Å². The van der Waals surface area contributed by atoms with Crippen LogP contribution in [-0.2, 0) is 16.4 Å². The van der Waals surface area contributed by atoms with Gasteiger partial charge < -0.3 is 10.2 Å².